The molecule has 0 amide bonds. The SMILES string of the molecule is CC#CCOc1ccc(CNCCOC)cc1[N+](=O)[O-]. The van der Waals surface area contributed by atoms with E-state index in [4.69, 9.17) is 9.47 Å². The van der Waals surface area contributed by atoms with Gasteiger partial charge in [-0.15, -0.1) is 5.92 Å². The third kappa shape index (κ3) is 5.26. The van der Waals surface area contributed by atoms with E-state index in [1.807, 2.05) is 0 Å². The molecule has 0 saturated carbocycles. The molecular formula is C14H18N2O4. The number of nitrogens with one attached hydrogen (secondary N) is 1. The summed E-state index contributed by atoms with van der Waals surface area (Å²) in [4.78, 5) is 10.6. The van der Waals surface area contributed by atoms with Gasteiger partial charge in [-0.3, -0.25) is 10.1 Å². The minimum absolute atomic E-state index is 0.0473. The molecule has 1 rings (SSSR count). The highest BCUT2D eigenvalue weighted by Crippen LogP contribution is 2.27. The van der Waals surface area contributed by atoms with E-state index < -0.39 is 4.92 Å². The van der Waals surface area contributed by atoms with E-state index in [1.54, 1.807) is 26.2 Å². The van der Waals surface area contributed by atoms with Crippen LogP contribution in [-0.2, 0) is 11.3 Å². The summed E-state index contributed by atoms with van der Waals surface area (Å²) in [6, 6.07) is 4.90. The largest absolute Gasteiger partial charge is 0.474 e. The van der Waals surface area contributed by atoms with Crippen LogP contribution in [-0.4, -0.2) is 31.8 Å². The second-order valence-electron chi connectivity index (χ2n) is 3.94. The molecule has 1 aromatic carbocycles. The zero-order valence-electron chi connectivity index (χ0n) is 11.6. The van der Waals surface area contributed by atoms with Crippen LogP contribution in [0.25, 0.3) is 0 Å². The van der Waals surface area contributed by atoms with Gasteiger partial charge in [0.1, 0.15) is 6.61 Å². The summed E-state index contributed by atoms with van der Waals surface area (Å²) >= 11 is 0. The van der Waals surface area contributed by atoms with E-state index >= 15 is 0 Å². The monoisotopic (exact) mass is 278 g/mol. The average molecular weight is 278 g/mol. The Hall–Kier alpha value is -2.10. The van der Waals surface area contributed by atoms with Crippen molar-refractivity contribution >= 4 is 5.69 Å². The maximum absolute atomic E-state index is 11.0. The van der Waals surface area contributed by atoms with E-state index in [9.17, 15) is 10.1 Å². The maximum Gasteiger partial charge on any atom is 0.311 e. The molecule has 0 atom stereocenters. The van der Waals surface area contributed by atoms with Gasteiger partial charge in [-0.2, -0.15) is 0 Å². The molecule has 0 bridgehead atoms. The van der Waals surface area contributed by atoms with Crippen molar-refractivity contribution in [2.75, 3.05) is 26.9 Å². The number of ether oxygens (including phenoxy) is 2. The molecule has 0 heterocycles. The van der Waals surface area contributed by atoms with Crippen LogP contribution >= 0.6 is 0 Å². The average Bonchev–Trinajstić information content (AvgIpc) is 2.44. The minimum atomic E-state index is -0.451. The van der Waals surface area contributed by atoms with Crippen LogP contribution in [0, 0.1) is 22.0 Å². The van der Waals surface area contributed by atoms with Crippen LogP contribution in [0.4, 0.5) is 5.69 Å². The van der Waals surface area contributed by atoms with Gasteiger partial charge in [0.05, 0.1) is 11.5 Å². The van der Waals surface area contributed by atoms with Gasteiger partial charge in [-0.05, 0) is 18.6 Å². The van der Waals surface area contributed by atoms with Gasteiger partial charge < -0.3 is 14.8 Å². The summed E-state index contributed by atoms with van der Waals surface area (Å²) in [5.41, 5.74) is 0.774. The predicted molar refractivity (Wildman–Crippen MR) is 75.6 cm³/mol. The molecular weight excluding hydrogens is 260 g/mol. The molecule has 1 N–H and O–H groups in total. The highest BCUT2D eigenvalue weighted by Gasteiger charge is 2.15. The van der Waals surface area contributed by atoms with Crippen molar-refractivity contribution in [1.29, 1.82) is 0 Å². The lowest BCUT2D eigenvalue weighted by atomic mass is 10.2. The Labute approximate surface area is 118 Å². The number of hydrogen-bond acceptors (Lipinski definition) is 5. The van der Waals surface area contributed by atoms with E-state index in [2.05, 4.69) is 17.2 Å². The molecule has 0 aromatic heterocycles. The number of rotatable bonds is 8. The zero-order valence-corrected chi connectivity index (χ0v) is 11.6. The third-order valence-corrected chi connectivity index (χ3v) is 2.51. The molecule has 108 valence electrons. The summed E-state index contributed by atoms with van der Waals surface area (Å²) in [5, 5.41) is 14.2. The Balaban J connectivity index is 2.72. The summed E-state index contributed by atoms with van der Waals surface area (Å²) < 4.78 is 10.2. The summed E-state index contributed by atoms with van der Waals surface area (Å²) in [5.74, 6) is 5.61. The first-order valence-electron chi connectivity index (χ1n) is 6.18. The summed E-state index contributed by atoms with van der Waals surface area (Å²) in [6.45, 7) is 3.65. The quantitative estimate of drug-likeness (QED) is 0.339. The number of nitro groups is 1. The Morgan fingerprint density at radius 1 is 1.45 bits per heavy atom. The molecule has 6 nitrogen and oxygen atoms in total. The van der Waals surface area contributed by atoms with Crippen molar-refractivity contribution in [3.8, 4) is 17.6 Å². The van der Waals surface area contributed by atoms with Crippen LogP contribution in [0.15, 0.2) is 18.2 Å². The predicted octanol–water partition coefficient (Wildman–Crippen LogP) is 1.73. The molecule has 0 aliphatic rings. The van der Waals surface area contributed by atoms with Crippen molar-refractivity contribution in [3.05, 3.63) is 33.9 Å². The van der Waals surface area contributed by atoms with Crippen LogP contribution in [0.5, 0.6) is 5.75 Å². The number of benzene rings is 1. The lowest BCUT2D eigenvalue weighted by Gasteiger charge is -2.07. The first-order chi connectivity index (χ1) is 9.69. The fraction of sp³-hybridized carbons (Fsp3) is 0.429. The van der Waals surface area contributed by atoms with Gasteiger partial charge in [-0.25, -0.2) is 0 Å². The molecule has 1 aromatic rings. The summed E-state index contributed by atoms with van der Waals surface area (Å²) in [7, 11) is 1.62. The molecule has 0 radical (unpaired) electrons. The fourth-order valence-corrected chi connectivity index (χ4v) is 1.53. The maximum atomic E-state index is 11.0. The Bertz CT molecular complexity index is 506. The van der Waals surface area contributed by atoms with Crippen molar-refractivity contribution in [3.63, 3.8) is 0 Å². The van der Waals surface area contributed by atoms with E-state index in [1.165, 1.54) is 6.07 Å². The standard InChI is InChI=1S/C14H18N2O4/c1-3-4-8-20-14-6-5-12(10-13(14)16(17)18)11-15-7-9-19-2/h5-6,10,15H,7-9,11H2,1-2H3. The van der Waals surface area contributed by atoms with Gasteiger partial charge in [0.2, 0.25) is 0 Å². The first kappa shape index (κ1) is 16.0. The molecule has 0 saturated heterocycles. The van der Waals surface area contributed by atoms with Gasteiger partial charge in [0.25, 0.3) is 0 Å². The molecule has 20 heavy (non-hydrogen) atoms. The lowest BCUT2D eigenvalue weighted by molar-refractivity contribution is -0.385. The van der Waals surface area contributed by atoms with Gasteiger partial charge in [-0.1, -0.05) is 12.0 Å². The Morgan fingerprint density at radius 2 is 2.25 bits per heavy atom. The molecule has 0 unspecified atom stereocenters. The van der Waals surface area contributed by atoms with Crippen LogP contribution in [0.2, 0.25) is 0 Å². The van der Waals surface area contributed by atoms with Crippen molar-refractivity contribution in [2.45, 2.75) is 13.5 Å². The highest BCUT2D eigenvalue weighted by molar-refractivity contribution is 5.48. The molecule has 6 heteroatoms. The molecule has 0 fully saturated rings. The second kappa shape index (κ2) is 8.91. The number of methoxy groups -OCH3 is 1. The minimum Gasteiger partial charge on any atom is -0.474 e. The Morgan fingerprint density at radius 3 is 2.90 bits per heavy atom. The molecule has 0 aliphatic carbocycles. The van der Waals surface area contributed by atoms with E-state index in [0.717, 1.165) is 5.56 Å². The summed E-state index contributed by atoms with van der Waals surface area (Å²) in [6.07, 6.45) is 0. The smallest absolute Gasteiger partial charge is 0.311 e. The van der Waals surface area contributed by atoms with E-state index in [0.29, 0.717) is 19.7 Å². The Kier molecular flexibility index (Phi) is 7.11. The van der Waals surface area contributed by atoms with Crippen LogP contribution < -0.4 is 10.1 Å². The van der Waals surface area contributed by atoms with Gasteiger partial charge in [0.15, 0.2) is 5.75 Å². The normalized spacial score (nSPS) is 9.70. The molecule has 0 aliphatic heterocycles. The van der Waals surface area contributed by atoms with Crippen molar-refractivity contribution in [2.24, 2.45) is 0 Å². The number of nitro benzene ring substituents is 1. The first-order valence-corrected chi connectivity index (χ1v) is 6.18. The fourth-order valence-electron chi connectivity index (χ4n) is 1.53. The number of nitrogens with zero attached hydrogens (tertiary/aromatic N) is 1. The molecule has 0 spiro atoms. The van der Waals surface area contributed by atoms with Gasteiger partial charge in [0, 0.05) is 26.3 Å². The van der Waals surface area contributed by atoms with Crippen molar-refractivity contribution < 1.29 is 14.4 Å². The van der Waals surface area contributed by atoms with E-state index in [-0.39, 0.29) is 18.0 Å². The third-order valence-electron chi connectivity index (χ3n) is 2.51. The zero-order chi connectivity index (χ0) is 14.8. The second-order valence-corrected chi connectivity index (χ2v) is 3.94. The van der Waals surface area contributed by atoms with Crippen LogP contribution in [0.3, 0.4) is 0 Å². The lowest BCUT2D eigenvalue weighted by Crippen LogP contribution is -2.18. The van der Waals surface area contributed by atoms with Crippen molar-refractivity contribution in [1.82, 2.24) is 5.32 Å². The van der Waals surface area contributed by atoms with Gasteiger partial charge >= 0.3 is 5.69 Å². The number of hydrogen-bond donors (Lipinski definition) is 1. The highest BCUT2D eigenvalue weighted by atomic mass is 16.6. The topological polar surface area (TPSA) is 73.6 Å². The van der Waals surface area contributed by atoms with Crippen LogP contribution in [0.1, 0.15) is 12.5 Å².